The zero-order valence-corrected chi connectivity index (χ0v) is 30.8. The molecular weight excluding hydrogens is 670 g/mol. The molecule has 2 fully saturated rings. The lowest BCUT2D eigenvalue weighted by Gasteiger charge is -2.31. The SMILES string of the molecule is CC(C)C(NC(=O)OC(C)(C)C)C(=O)N[C@H]1CCCCCC=C[C@@H]2C[C@@]2(C(=O)O)NC(=O)[C@@H]2C[C@@H](OC(=O)N3CCc4ccccc4C3)CN2C1=O. The van der Waals surface area contributed by atoms with Gasteiger partial charge >= 0.3 is 18.2 Å². The number of carbonyl (C=O) groups excluding carboxylic acids is 5. The number of aliphatic carboxylic acids is 1. The number of alkyl carbamates (subject to hydrolysis) is 1. The Bertz CT molecular complexity index is 1570. The molecule has 3 aliphatic heterocycles. The molecule has 52 heavy (non-hydrogen) atoms. The number of carboxylic acids is 1. The second kappa shape index (κ2) is 16.0. The van der Waals surface area contributed by atoms with Gasteiger partial charge in [0.1, 0.15) is 35.4 Å². The molecule has 284 valence electrons. The van der Waals surface area contributed by atoms with Crippen molar-refractivity contribution in [1.29, 1.82) is 0 Å². The molecule has 1 saturated carbocycles. The molecule has 0 aromatic heterocycles. The van der Waals surface area contributed by atoms with Crippen LogP contribution in [0.1, 0.15) is 90.7 Å². The largest absolute Gasteiger partial charge is 0.479 e. The number of nitrogens with one attached hydrogen (secondary N) is 3. The fourth-order valence-electron chi connectivity index (χ4n) is 7.25. The number of allylic oxidation sites excluding steroid dienone is 1. The highest BCUT2D eigenvalue weighted by Gasteiger charge is 2.61. The summed E-state index contributed by atoms with van der Waals surface area (Å²) in [6, 6.07) is 4.62. The molecule has 14 heteroatoms. The van der Waals surface area contributed by atoms with Crippen LogP contribution in [0.15, 0.2) is 36.4 Å². The predicted octanol–water partition coefficient (Wildman–Crippen LogP) is 3.66. The van der Waals surface area contributed by atoms with Crippen molar-refractivity contribution >= 4 is 35.9 Å². The van der Waals surface area contributed by atoms with E-state index >= 15 is 0 Å². The molecule has 6 atom stereocenters. The topological polar surface area (TPSA) is 184 Å². The molecule has 0 radical (unpaired) electrons. The summed E-state index contributed by atoms with van der Waals surface area (Å²) in [7, 11) is 0. The van der Waals surface area contributed by atoms with Crippen LogP contribution in [0, 0.1) is 11.8 Å². The van der Waals surface area contributed by atoms with Crippen LogP contribution in [0.25, 0.3) is 0 Å². The van der Waals surface area contributed by atoms with Gasteiger partial charge in [0, 0.05) is 25.4 Å². The smallest absolute Gasteiger partial charge is 0.410 e. The number of ether oxygens (including phenoxy) is 2. The van der Waals surface area contributed by atoms with Gasteiger partial charge < -0.3 is 40.3 Å². The molecule has 3 heterocycles. The molecule has 1 saturated heterocycles. The van der Waals surface area contributed by atoms with Crippen LogP contribution >= 0.6 is 0 Å². The van der Waals surface area contributed by atoms with Crippen LogP contribution < -0.4 is 16.0 Å². The zero-order valence-electron chi connectivity index (χ0n) is 30.8. The van der Waals surface area contributed by atoms with Gasteiger partial charge in [-0.3, -0.25) is 14.4 Å². The van der Waals surface area contributed by atoms with E-state index in [4.69, 9.17) is 9.47 Å². The second-order valence-electron chi connectivity index (χ2n) is 15.8. The average molecular weight is 724 g/mol. The van der Waals surface area contributed by atoms with E-state index in [2.05, 4.69) is 16.0 Å². The maximum Gasteiger partial charge on any atom is 0.410 e. The van der Waals surface area contributed by atoms with Crippen molar-refractivity contribution in [3.05, 3.63) is 47.5 Å². The summed E-state index contributed by atoms with van der Waals surface area (Å²) < 4.78 is 11.3. The van der Waals surface area contributed by atoms with Crippen LogP contribution in [0.5, 0.6) is 0 Å². The first-order valence-corrected chi connectivity index (χ1v) is 18.4. The van der Waals surface area contributed by atoms with Crippen molar-refractivity contribution in [3.8, 4) is 0 Å². The van der Waals surface area contributed by atoms with Gasteiger partial charge in [0.25, 0.3) is 0 Å². The number of hydrogen-bond donors (Lipinski definition) is 4. The summed E-state index contributed by atoms with van der Waals surface area (Å²) in [4.78, 5) is 83.6. The first-order chi connectivity index (χ1) is 24.6. The van der Waals surface area contributed by atoms with Crippen LogP contribution in [-0.4, -0.2) is 99.2 Å². The quantitative estimate of drug-likeness (QED) is 0.318. The normalized spacial score (nSPS) is 27.1. The summed E-state index contributed by atoms with van der Waals surface area (Å²) >= 11 is 0. The maximum absolute atomic E-state index is 14.5. The number of carbonyl (C=O) groups is 6. The summed E-state index contributed by atoms with van der Waals surface area (Å²) in [5.74, 6) is -3.71. The summed E-state index contributed by atoms with van der Waals surface area (Å²) in [6.07, 6.45) is 5.48. The van der Waals surface area contributed by atoms with E-state index in [1.54, 1.807) is 39.5 Å². The monoisotopic (exact) mass is 723 g/mol. The molecule has 14 nitrogen and oxygen atoms in total. The molecule has 5 rings (SSSR count). The van der Waals surface area contributed by atoms with Crippen molar-refractivity contribution in [2.24, 2.45) is 11.8 Å². The number of rotatable bonds is 6. The molecule has 0 spiro atoms. The Morgan fingerprint density at radius 2 is 1.79 bits per heavy atom. The number of amides is 5. The lowest BCUT2D eigenvalue weighted by Crippen LogP contribution is -2.59. The van der Waals surface area contributed by atoms with E-state index < -0.39 is 77.2 Å². The van der Waals surface area contributed by atoms with Gasteiger partial charge in [0.15, 0.2) is 0 Å². The summed E-state index contributed by atoms with van der Waals surface area (Å²) in [6.45, 7) is 9.36. The van der Waals surface area contributed by atoms with Crippen molar-refractivity contribution in [2.75, 3.05) is 13.1 Å². The van der Waals surface area contributed by atoms with Gasteiger partial charge in [-0.05, 0) is 69.9 Å². The van der Waals surface area contributed by atoms with Gasteiger partial charge in [-0.1, -0.05) is 63.1 Å². The van der Waals surface area contributed by atoms with Crippen molar-refractivity contribution in [2.45, 2.75) is 128 Å². The molecule has 1 aliphatic carbocycles. The van der Waals surface area contributed by atoms with E-state index in [9.17, 15) is 33.9 Å². The van der Waals surface area contributed by atoms with Gasteiger partial charge in [-0.2, -0.15) is 0 Å². The number of nitrogens with zero attached hydrogens (tertiary/aromatic N) is 2. The lowest BCUT2D eigenvalue weighted by atomic mass is 10.0. The van der Waals surface area contributed by atoms with Gasteiger partial charge in [-0.15, -0.1) is 0 Å². The summed E-state index contributed by atoms with van der Waals surface area (Å²) in [5.41, 5.74) is -0.106. The third kappa shape index (κ3) is 9.23. The molecule has 1 unspecified atom stereocenters. The van der Waals surface area contributed by atoms with Crippen LogP contribution in [0.2, 0.25) is 0 Å². The van der Waals surface area contributed by atoms with Crippen LogP contribution in [0.4, 0.5) is 9.59 Å². The Morgan fingerprint density at radius 1 is 1.06 bits per heavy atom. The van der Waals surface area contributed by atoms with E-state index in [1.165, 1.54) is 4.90 Å². The standard InChI is InChI=1S/C38H53N5O9/c1-23(2)30(40-35(49)52-37(3,4)5)32(45)39-28-16-10-8-6-7-9-15-26-20-38(26,34(47)48)41-31(44)29-19-27(22-43(29)33(28)46)51-36(50)42-18-17-24-13-11-12-14-25(24)21-42/h9,11-15,23,26-30H,6-8,10,16-22H2,1-5H3,(H,39,45)(H,40,49)(H,41,44)(H,47,48)/t26-,27-,28+,29+,30?,38-/m1/s1. The minimum atomic E-state index is -1.50. The Hall–Kier alpha value is -4.62. The van der Waals surface area contributed by atoms with E-state index in [-0.39, 0.29) is 31.7 Å². The lowest BCUT2D eigenvalue weighted by molar-refractivity contribution is -0.146. The maximum atomic E-state index is 14.5. The van der Waals surface area contributed by atoms with E-state index in [0.717, 1.165) is 24.0 Å². The third-order valence-corrected chi connectivity index (χ3v) is 10.2. The van der Waals surface area contributed by atoms with E-state index in [0.29, 0.717) is 32.4 Å². The first-order valence-electron chi connectivity index (χ1n) is 18.4. The van der Waals surface area contributed by atoms with Gasteiger partial charge in [-0.25, -0.2) is 14.4 Å². The highest BCUT2D eigenvalue weighted by atomic mass is 16.6. The number of fused-ring (bicyclic) bond motifs is 3. The third-order valence-electron chi connectivity index (χ3n) is 10.2. The fraction of sp³-hybridized carbons (Fsp3) is 0.632. The van der Waals surface area contributed by atoms with Gasteiger partial charge in [0.2, 0.25) is 17.7 Å². The van der Waals surface area contributed by atoms with Crippen molar-refractivity contribution < 1.29 is 43.3 Å². The van der Waals surface area contributed by atoms with Gasteiger partial charge in [0.05, 0.1) is 6.54 Å². The molecule has 5 amide bonds. The molecule has 0 bridgehead atoms. The van der Waals surface area contributed by atoms with Crippen molar-refractivity contribution in [1.82, 2.24) is 25.8 Å². The Morgan fingerprint density at radius 3 is 2.48 bits per heavy atom. The number of carboxylic acid groups (broad SMARTS) is 1. The van der Waals surface area contributed by atoms with Crippen LogP contribution in [-0.2, 0) is 41.6 Å². The molecular formula is C38H53N5O9. The number of hydrogen-bond acceptors (Lipinski definition) is 8. The summed E-state index contributed by atoms with van der Waals surface area (Å²) in [5, 5.41) is 18.3. The minimum Gasteiger partial charge on any atom is -0.479 e. The van der Waals surface area contributed by atoms with Crippen molar-refractivity contribution in [3.63, 3.8) is 0 Å². The molecule has 4 N–H and O–H groups in total. The molecule has 1 aromatic rings. The Balaban J connectivity index is 1.38. The second-order valence-corrected chi connectivity index (χ2v) is 15.8. The highest BCUT2D eigenvalue weighted by molar-refractivity contribution is 5.97. The minimum absolute atomic E-state index is 0.0422. The molecule has 4 aliphatic rings. The number of benzene rings is 1. The predicted molar refractivity (Wildman–Crippen MR) is 190 cm³/mol. The van der Waals surface area contributed by atoms with Crippen LogP contribution in [0.3, 0.4) is 0 Å². The molecule has 1 aromatic carbocycles. The fourth-order valence-corrected chi connectivity index (χ4v) is 7.25. The van der Waals surface area contributed by atoms with E-state index in [1.807, 2.05) is 36.4 Å². The first kappa shape index (κ1) is 38.6. The zero-order chi connectivity index (χ0) is 37.8. The average Bonchev–Trinajstić information content (AvgIpc) is 3.61. The Kier molecular flexibility index (Phi) is 11.8. The highest BCUT2D eigenvalue weighted by Crippen LogP contribution is 2.45. The Labute approximate surface area is 305 Å².